The number of carbonyl (C=O) groups is 1. The van der Waals surface area contributed by atoms with Crippen LogP contribution in [0.4, 0.5) is 13.2 Å². The average Bonchev–Trinajstić information content (AvgIpc) is 2.63. The smallest absolute Gasteiger partial charge is 0.288 e. The van der Waals surface area contributed by atoms with Gasteiger partial charge in [-0.05, 0) is 32.3 Å². The average molecular weight is 300 g/mol. The van der Waals surface area contributed by atoms with Crippen molar-refractivity contribution in [2.24, 2.45) is 5.41 Å². The summed E-state index contributed by atoms with van der Waals surface area (Å²) in [5, 5.41) is 1.03. The van der Waals surface area contributed by atoms with Crippen molar-refractivity contribution >= 4 is 5.91 Å². The maximum absolute atomic E-state index is 13.3. The van der Waals surface area contributed by atoms with Gasteiger partial charge in [-0.1, -0.05) is 30.3 Å². The summed E-state index contributed by atoms with van der Waals surface area (Å²) in [5.74, 6) is -0.364. The number of hydrogen-bond donors (Lipinski definition) is 1. The molecule has 0 saturated carbocycles. The van der Waals surface area contributed by atoms with Gasteiger partial charge in [0.1, 0.15) is 6.04 Å². The summed E-state index contributed by atoms with van der Waals surface area (Å²) in [6, 6.07) is 7.38. The van der Waals surface area contributed by atoms with Gasteiger partial charge in [-0.25, -0.2) is 5.01 Å². The fraction of sp³-hybridized carbons (Fsp3) is 0.533. The van der Waals surface area contributed by atoms with Crippen molar-refractivity contribution in [3.63, 3.8) is 0 Å². The molecular formula is C15H19F3N2O. The Kier molecular flexibility index (Phi) is 4.27. The minimum Gasteiger partial charge on any atom is -0.288 e. The van der Waals surface area contributed by atoms with Crippen molar-refractivity contribution in [3.8, 4) is 0 Å². The Morgan fingerprint density at radius 3 is 2.38 bits per heavy atom. The number of benzene rings is 1. The SMILES string of the molecule is CC1(C)CN(C(CCc2ccccc2)C(F)(F)F)NC1=O. The fourth-order valence-corrected chi connectivity index (χ4v) is 2.45. The van der Waals surface area contributed by atoms with Crippen molar-refractivity contribution in [2.45, 2.75) is 38.9 Å². The minimum atomic E-state index is -4.37. The van der Waals surface area contributed by atoms with E-state index in [0.717, 1.165) is 10.6 Å². The van der Waals surface area contributed by atoms with E-state index in [9.17, 15) is 18.0 Å². The molecule has 1 atom stereocenters. The van der Waals surface area contributed by atoms with Gasteiger partial charge in [-0.3, -0.25) is 10.2 Å². The van der Waals surface area contributed by atoms with Gasteiger partial charge in [0, 0.05) is 6.54 Å². The van der Waals surface area contributed by atoms with Crippen LogP contribution < -0.4 is 5.43 Å². The lowest BCUT2D eigenvalue weighted by molar-refractivity contribution is -0.190. The molecule has 1 N–H and O–H groups in total. The Labute approximate surface area is 122 Å². The first-order chi connectivity index (χ1) is 9.70. The summed E-state index contributed by atoms with van der Waals surface area (Å²) in [4.78, 5) is 11.7. The number of carbonyl (C=O) groups excluding carboxylic acids is 1. The van der Waals surface area contributed by atoms with Gasteiger partial charge >= 0.3 is 6.18 Å². The molecule has 21 heavy (non-hydrogen) atoms. The molecule has 1 aliphatic rings. The summed E-state index contributed by atoms with van der Waals surface area (Å²) in [5.41, 5.74) is 2.42. The Hall–Kier alpha value is -1.56. The number of amides is 1. The lowest BCUT2D eigenvalue weighted by Gasteiger charge is -2.29. The summed E-state index contributed by atoms with van der Waals surface area (Å²) in [6.45, 7) is 3.35. The quantitative estimate of drug-likeness (QED) is 0.927. The van der Waals surface area contributed by atoms with Gasteiger partial charge in [0.05, 0.1) is 5.41 Å². The van der Waals surface area contributed by atoms with E-state index in [1.54, 1.807) is 38.1 Å². The predicted octanol–water partition coefficient (Wildman–Crippen LogP) is 2.92. The molecule has 0 radical (unpaired) electrons. The van der Waals surface area contributed by atoms with E-state index >= 15 is 0 Å². The van der Waals surface area contributed by atoms with Gasteiger partial charge < -0.3 is 0 Å². The molecule has 1 aromatic carbocycles. The van der Waals surface area contributed by atoms with Crippen LogP contribution >= 0.6 is 0 Å². The number of rotatable bonds is 4. The fourth-order valence-electron chi connectivity index (χ4n) is 2.45. The van der Waals surface area contributed by atoms with Crippen LogP contribution in [0.15, 0.2) is 30.3 Å². The molecule has 1 unspecified atom stereocenters. The molecular weight excluding hydrogens is 281 g/mol. The molecule has 1 aromatic rings. The number of halogens is 3. The number of nitrogens with one attached hydrogen (secondary N) is 1. The first-order valence-corrected chi connectivity index (χ1v) is 6.88. The lowest BCUT2D eigenvalue weighted by Crippen LogP contribution is -2.50. The Morgan fingerprint density at radius 1 is 1.29 bits per heavy atom. The number of hydrogen-bond acceptors (Lipinski definition) is 2. The zero-order chi connectivity index (χ0) is 15.7. The van der Waals surface area contributed by atoms with Crippen LogP contribution in [-0.4, -0.2) is 29.7 Å². The molecule has 1 heterocycles. The third kappa shape index (κ3) is 3.75. The highest BCUT2D eigenvalue weighted by molar-refractivity contribution is 5.83. The highest BCUT2D eigenvalue weighted by Crippen LogP contribution is 2.32. The van der Waals surface area contributed by atoms with Gasteiger partial charge in [-0.2, -0.15) is 13.2 Å². The van der Waals surface area contributed by atoms with Crippen molar-refractivity contribution < 1.29 is 18.0 Å². The van der Waals surface area contributed by atoms with Crippen LogP contribution in [0, 0.1) is 5.41 Å². The molecule has 6 heteroatoms. The second-order valence-corrected chi connectivity index (χ2v) is 6.03. The number of hydrazine groups is 1. The van der Waals surface area contributed by atoms with Crippen molar-refractivity contribution in [3.05, 3.63) is 35.9 Å². The normalized spacial score (nSPS) is 20.3. The van der Waals surface area contributed by atoms with Crippen molar-refractivity contribution in [2.75, 3.05) is 6.54 Å². The molecule has 116 valence electrons. The van der Waals surface area contributed by atoms with Crippen molar-refractivity contribution in [1.82, 2.24) is 10.4 Å². The van der Waals surface area contributed by atoms with Gasteiger partial charge in [-0.15, -0.1) is 0 Å². The van der Waals surface area contributed by atoms with Crippen molar-refractivity contribution in [1.29, 1.82) is 0 Å². The topological polar surface area (TPSA) is 32.3 Å². The van der Waals surface area contributed by atoms with E-state index in [2.05, 4.69) is 5.43 Å². The summed E-state index contributed by atoms with van der Waals surface area (Å²) < 4.78 is 39.8. The predicted molar refractivity (Wildman–Crippen MR) is 73.2 cm³/mol. The Bertz CT molecular complexity index is 499. The molecule has 3 nitrogen and oxygen atoms in total. The molecule has 0 bridgehead atoms. The second kappa shape index (κ2) is 5.67. The number of aryl methyl sites for hydroxylation is 1. The van der Waals surface area contributed by atoms with Gasteiger partial charge in [0.2, 0.25) is 5.91 Å². The van der Waals surface area contributed by atoms with Crippen LogP contribution in [0.3, 0.4) is 0 Å². The molecule has 1 fully saturated rings. The highest BCUT2D eigenvalue weighted by atomic mass is 19.4. The standard InChI is InChI=1S/C15H19F3N2O/c1-14(2)10-20(19-13(14)21)12(15(16,17)18)9-8-11-6-4-3-5-7-11/h3-7,12H,8-10H2,1-2H3,(H,19,21). The number of nitrogens with zero attached hydrogens (tertiary/aromatic N) is 1. The highest BCUT2D eigenvalue weighted by Gasteiger charge is 2.49. The first-order valence-electron chi connectivity index (χ1n) is 6.88. The molecule has 1 aliphatic heterocycles. The van der Waals surface area contributed by atoms with Gasteiger partial charge in [0.15, 0.2) is 0 Å². The van der Waals surface area contributed by atoms with E-state index in [1.807, 2.05) is 6.07 Å². The lowest BCUT2D eigenvalue weighted by atomic mass is 9.94. The molecule has 0 spiro atoms. The maximum atomic E-state index is 13.3. The van der Waals surface area contributed by atoms with E-state index in [4.69, 9.17) is 0 Å². The Balaban J connectivity index is 2.08. The maximum Gasteiger partial charge on any atom is 0.405 e. The summed E-state index contributed by atoms with van der Waals surface area (Å²) >= 11 is 0. The van der Waals surface area contributed by atoms with Crippen LogP contribution in [0.2, 0.25) is 0 Å². The molecule has 1 amide bonds. The largest absolute Gasteiger partial charge is 0.405 e. The monoisotopic (exact) mass is 300 g/mol. The first kappa shape index (κ1) is 15.8. The minimum absolute atomic E-state index is 0.0603. The van der Waals surface area contributed by atoms with E-state index in [0.29, 0.717) is 6.42 Å². The molecule has 2 rings (SSSR count). The van der Waals surface area contributed by atoms with Gasteiger partial charge in [0.25, 0.3) is 0 Å². The summed E-state index contributed by atoms with van der Waals surface area (Å²) in [6.07, 6.45) is -4.13. The van der Waals surface area contributed by atoms with Crippen LogP contribution in [0.1, 0.15) is 25.8 Å². The zero-order valence-corrected chi connectivity index (χ0v) is 12.1. The molecule has 0 aromatic heterocycles. The second-order valence-electron chi connectivity index (χ2n) is 6.03. The molecule has 0 aliphatic carbocycles. The summed E-state index contributed by atoms with van der Waals surface area (Å²) in [7, 11) is 0. The third-order valence-electron chi connectivity index (χ3n) is 3.73. The molecule has 1 saturated heterocycles. The van der Waals surface area contributed by atoms with Crippen LogP contribution in [0.25, 0.3) is 0 Å². The Morgan fingerprint density at radius 2 is 1.90 bits per heavy atom. The van der Waals surface area contributed by atoms with Crippen LogP contribution in [-0.2, 0) is 11.2 Å². The third-order valence-corrected chi connectivity index (χ3v) is 3.73. The van der Waals surface area contributed by atoms with E-state index < -0.39 is 17.6 Å². The van der Waals surface area contributed by atoms with E-state index in [-0.39, 0.29) is 18.9 Å². The zero-order valence-electron chi connectivity index (χ0n) is 12.1. The van der Waals surface area contributed by atoms with E-state index in [1.165, 1.54) is 0 Å². The number of alkyl halides is 3. The van der Waals surface area contributed by atoms with Crippen LogP contribution in [0.5, 0.6) is 0 Å².